The molecule has 0 amide bonds. The summed E-state index contributed by atoms with van der Waals surface area (Å²) in [5, 5.41) is 9.21. The van der Waals surface area contributed by atoms with Gasteiger partial charge >= 0.3 is 0 Å². The zero-order chi connectivity index (χ0) is 16.9. The van der Waals surface area contributed by atoms with Crippen LogP contribution >= 0.6 is 0 Å². The average molecular weight is 321 g/mol. The van der Waals surface area contributed by atoms with Crippen molar-refractivity contribution in [3.63, 3.8) is 0 Å². The quantitative estimate of drug-likeness (QED) is 0.560. The van der Waals surface area contributed by atoms with Crippen LogP contribution in [0.5, 0.6) is 0 Å². The summed E-state index contributed by atoms with van der Waals surface area (Å²) in [5.41, 5.74) is 1.22. The minimum atomic E-state index is 0.0569. The number of nitrogens with one attached hydrogen (secondary N) is 2. The van der Waals surface area contributed by atoms with E-state index in [1.807, 2.05) is 19.1 Å². The summed E-state index contributed by atoms with van der Waals surface area (Å²) in [4.78, 5) is 4.29. The van der Waals surface area contributed by atoms with Crippen molar-refractivity contribution in [1.29, 1.82) is 0 Å². The summed E-state index contributed by atoms with van der Waals surface area (Å²) in [6.07, 6.45) is 0. The number of hydrogen-bond acceptors (Lipinski definition) is 2. The Morgan fingerprint density at radius 3 is 2.58 bits per heavy atom. The third-order valence-electron chi connectivity index (χ3n) is 4.04. The molecule has 1 unspecified atom stereocenters. The Morgan fingerprint density at radius 2 is 1.88 bits per heavy atom. The van der Waals surface area contributed by atoms with Crippen molar-refractivity contribution in [2.24, 2.45) is 4.99 Å². The highest BCUT2D eigenvalue weighted by atomic mass is 16.3. The molecule has 124 valence electrons. The molecule has 0 saturated heterocycles. The van der Waals surface area contributed by atoms with Crippen LogP contribution in [-0.4, -0.2) is 13.0 Å². The predicted molar refractivity (Wildman–Crippen MR) is 99.1 cm³/mol. The van der Waals surface area contributed by atoms with E-state index in [1.165, 1.54) is 16.3 Å². The van der Waals surface area contributed by atoms with Gasteiger partial charge in [0.15, 0.2) is 5.96 Å². The summed E-state index contributed by atoms with van der Waals surface area (Å²) in [7, 11) is 1.77. The van der Waals surface area contributed by atoms with Crippen LogP contribution in [0.15, 0.2) is 64.0 Å². The molecule has 0 aliphatic carbocycles. The number of benzene rings is 2. The Labute approximate surface area is 142 Å². The van der Waals surface area contributed by atoms with Crippen molar-refractivity contribution < 1.29 is 4.42 Å². The molecule has 2 aromatic carbocycles. The summed E-state index contributed by atoms with van der Waals surface area (Å²) < 4.78 is 5.66. The van der Waals surface area contributed by atoms with E-state index in [0.29, 0.717) is 6.54 Å². The first-order valence-electron chi connectivity index (χ1n) is 8.17. The fourth-order valence-corrected chi connectivity index (χ4v) is 2.69. The molecule has 0 saturated carbocycles. The molecule has 4 nitrogen and oxygen atoms in total. The van der Waals surface area contributed by atoms with Crippen molar-refractivity contribution in [3.8, 4) is 0 Å². The number of furan rings is 1. The molecule has 2 N–H and O–H groups in total. The van der Waals surface area contributed by atoms with Crippen molar-refractivity contribution in [1.82, 2.24) is 10.6 Å². The summed E-state index contributed by atoms with van der Waals surface area (Å²) in [6, 6.07) is 18.9. The van der Waals surface area contributed by atoms with Crippen LogP contribution in [0.25, 0.3) is 10.8 Å². The highest BCUT2D eigenvalue weighted by molar-refractivity contribution is 5.83. The van der Waals surface area contributed by atoms with E-state index in [9.17, 15) is 0 Å². The van der Waals surface area contributed by atoms with Crippen LogP contribution in [0.1, 0.15) is 30.0 Å². The number of nitrogens with zero attached hydrogens (tertiary/aromatic N) is 1. The fourth-order valence-electron chi connectivity index (χ4n) is 2.69. The van der Waals surface area contributed by atoms with Crippen LogP contribution in [0.2, 0.25) is 0 Å². The van der Waals surface area contributed by atoms with Gasteiger partial charge in [-0.2, -0.15) is 0 Å². The molecule has 0 radical (unpaired) electrons. The van der Waals surface area contributed by atoms with Crippen molar-refractivity contribution >= 4 is 16.7 Å². The minimum Gasteiger partial charge on any atom is -0.464 e. The number of rotatable bonds is 4. The first-order chi connectivity index (χ1) is 11.7. The van der Waals surface area contributed by atoms with E-state index >= 15 is 0 Å². The van der Waals surface area contributed by atoms with Crippen molar-refractivity contribution in [2.45, 2.75) is 26.4 Å². The van der Waals surface area contributed by atoms with Gasteiger partial charge in [0.05, 0.1) is 6.04 Å². The SMILES string of the molecule is CN=C(NCc1ccc2ccccc2c1)NC(C)c1ccc(C)o1. The molecule has 1 heterocycles. The van der Waals surface area contributed by atoms with Crippen LogP contribution in [0.4, 0.5) is 0 Å². The van der Waals surface area contributed by atoms with E-state index in [2.05, 4.69) is 65.0 Å². The Hall–Kier alpha value is -2.75. The van der Waals surface area contributed by atoms with E-state index < -0.39 is 0 Å². The molecular weight excluding hydrogens is 298 g/mol. The zero-order valence-electron chi connectivity index (χ0n) is 14.3. The largest absolute Gasteiger partial charge is 0.464 e. The molecule has 3 aromatic rings. The molecule has 0 aliphatic heterocycles. The lowest BCUT2D eigenvalue weighted by atomic mass is 10.1. The second-order valence-electron chi connectivity index (χ2n) is 5.92. The van der Waals surface area contributed by atoms with Gasteiger partial charge in [-0.25, -0.2) is 0 Å². The lowest BCUT2D eigenvalue weighted by Gasteiger charge is -2.16. The number of aryl methyl sites for hydroxylation is 1. The normalized spacial score (nSPS) is 13.0. The molecule has 24 heavy (non-hydrogen) atoms. The van der Waals surface area contributed by atoms with Gasteiger partial charge in [0.25, 0.3) is 0 Å². The topological polar surface area (TPSA) is 49.6 Å². The molecule has 1 atom stereocenters. The second-order valence-corrected chi connectivity index (χ2v) is 5.92. The highest BCUT2D eigenvalue weighted by Gasteiger charge is 2.11. The minimum absolute atomic E-state index is 0.0569. The van der Waals surface area contributed by atoms with Crippen molar-refractivity contribution in [2.75, 3.05) is 7.05 Å². The van der Waals surface area contributed by atoms with Gasteiger partial charge in [-0.15, -0.1) is 0 Å². The number of fused-ring (bicyclic) bond motifs is 1. The number of aliphatic imine (C=N–C) groups is 1. The first kappa shape index (κ1) is 16.1. The average Bonchev–Trinajstić information content (AvgIpc) is 3.04. The van der Waals surface area contributed by atoms with E-state index in [0.717, 1.165) is 17.5 Å². The highest BCUT2D eigenvalue weighted by Crippen LogP contribution is 2.16. The number of hydrogen-bond donors (Lipinski definition) is 2. The molecule has 3 rings (SSSR count). The zero-order valence-corrected chi connectivity index (χ0v) is 14.3. The van der Waals surface area contributed by atoms with E-state index in [4.69, 9.17) is 4.42 Å². The molecule has 0 aliphatic rings. The second kappa shape index (κ2) is 7.21. The van der Waals surface area contributed by atoms with Crippen LogP contribution < -0.4 is 10.6 Å². The standard InChI is InChI=1S/C20H23N3O/c1-14-8-11-19(24-14)15(2)23-20(21-3)22-13-16-9-10-17-6-4-5-7-18(17)12-16/h4-12,15H,13H2,1-3H3,(H2,21,22,23). The summed E-state index contributed by atoms with van der Waals surface area (Å²) in [6.45, 7) is 4.72. The molecule has 1 aromatic heterocycles. The third-order valence-corrected chi connectivity index (χ3v) is 4.04. The van der Waals surface area contributed by atoms with Gasteiger partial charge < -0.3 is 15.1 Å². The Morgan fingerprint density at radius 1 is 1.08 bits per heavy atom. The third kappa shape index (κ3) is 3.77. The van der Waals surface area contributed by atoms with Gasteiger partial charge in [-0.1, -0.05) is 36.4 Å². The maximum atomic E-state index is 5.66. The van der Waals surface area contributed by atoms with E-state index in [1.54, 1.807) is 7.05 Å². The Bertz CT molecular complexity index is 851. The first-order valence-corrected chi connectivity index (χ1v) is 8.17. The smallest absolute Gasteiger partial charge is 0.191 e. The van der Waals surface area contributed by atoms with Gasteiger partial charge in [0, 0.05) is 13.6 Å². The van der Waals surface area contributed by atoms with Gasteiger partial charge in [0.2, 0.25) is 0 Å². The molecule has 0 spiro atoms. The maximum Gasteiger partial charge on any atom is 0.191 e. The van der Waals surface area contributed by atoms with Crippen molar-refractivity contribution in [3.05, 3.63) is 71.7 Å². The van der Waals surface area contributed by atoms with Crippen LogP contribution in [0, 0.1) is 6.92 Å². The summed E-state index contributed by atoms with van der Waals surface area (Å²) in [5.74, 6) is 2.57. The lowest BCUT2D eigenvalue weighted by molar-refractivity contribution is 0.441. The lowest BCUT2D eigenvalue weighted by Crippen LogP contribution is -2.38. The number of guanidine groups is 1. The van der Waals surface area contributed by atoms with Gasteiger partial charge in [-0.05, 0) is 48.4 Å². The van der Waals surface area contributed by atoms with Crippen LogP contribution in [0.3, 0.4) is 0 Å². The molecular formula is C20H23N3O. The predicted octanol–water partition coefficient (Wildman–Crippen LogP) is 4.17. The van der Waals surface area contributed by atoms with Gasteiger partial charge in [0.1, 0.15) is 11.5 Å². The monoisotopic (exact) mass is 321 g/mol. The fraction of sp³-hybridized carbons (Fsp3) is 0.250. The maximum absolute atomic E-state index is 5.66. The molecule has 0 bridgehead atoms. The molecule has 4 heteroatoms. The van der Waals surface area contributed by atoms with Gasteiger partial charge in [-0.3, -0.25) is 4.99 Å². The van der Waals surface area contributed by atoms with E-state index in [-0.39, 0.29) is 6.04 Å². The Balaban J connectivity index is 1.62. The Kier molecular flexibility index (Phi) is 4.85. The van der Waals surface area contributed by atoms with Crippen LogP contribution in [-0.2, 0) is 6.54 Å². The molecule has 0 fully saturated rings. The summed E-state index contributed by atoms with van der Waals surface area (Å²) >= 11 is 0.